The molecule has 11 rings (SSSR count). The van der Waals surface area contributed by atoms with Crippen molar-refractivity contribution in [2.24, 2.45) is 11.8 Å². The van der Waals surface area contributed by atoms with Gasteiger partial charge in [-0.3, -0.25) is 58.0 Å². The molecule has 0 radical (unpaired) electrons. The van der Waals surface area contributed by atoms with Gasteiger partial charge in [-0.1, -0.05) is 74.2 Å². The van der Waals surface area contributed by atoms with Gasteiger partial charge in [0.15, 0.2) is 0 Å². The standard InChI is InChI=1S/C72H84N14O8/c87-65(29-27-55-45-83(49-77-55)39-11-9-13-51-31-41-81(42-32-51)47-67(89)85-61-19-5-1-15-57(61)71(93)79-59-17-3-7-21-63(59)85)73-35-37-75-69(91)53-23-25-54(26-24-53)70(92)76-38-36-74-66(88)30-28-56-46-84(50-78-56)40-12-10-14-52-33-43-82(44-34-52)48-68(90)86-62-20-6-2-16-58(62)72(94)80-60-18-4-8-22-64(60)86/h1-8,15-26,45-46,49-52H,9-14,27-44,47-48H2,(H,73,87)(H,74,88)(H,75,91)(H,76,92)(H,79,93)(H,80,94). The van der Waals surface area contributed by atoms with E-state index in [0.717, 1.165) is 115 Å². The smallest absolute Gasteiger partial charge is 0.257 e. The Bertz CT molecular complexity index is 3570. The number of unbranched alkanes of at least 4 members (excludes halogenated alkanes) is 2. The van der Waals surface area contributed by atoms with Gasteiger partial charge in [-0.05, 0) is 162 Å². The van der Waals surface area contributed by atoms with Crippen LogP contribution in [-0.4, -0.2) is 142 Å². The van der Waals surface area contributed by atoms with Gasteiger partial charge in [0, 0.05) is 75.6 Å². The lowest BCUT2D eigenvalue weighted by molar-refractivity contribution is -0.121. The van der Waals surface area contributed by atoms with Crippen molar-refractivity contribution in [1.82, 2.24) is 50.2 Å². The van der Waals surface area contributed by atoms with Crippen molar-refractivity contribution in [3.8, 4) is 0 Å². The third-order valence-electron chi connectivity index (χ3n) is 18.2. The number of amides is 8. The van der Waals surface area contributed by atoms with E-state index >= 15 is 0 Å². The molecule has 6 N–H and O–H groups in total. The second kappa shape index (κ2) is 32.2. The van der Waals surface area contributed by atoms with E-state index in [0.29, 0.717) is 81.1 Å². The second-order valence-electron chi connectivity index (χ2n) is 24.9. The summed E-state index contributed by atoms with van der Waals surface area (Å²) < 4.78 is 4.15. The highest BCUT2D eigenvalue weighted by Crippen LogP contribution is 2.40. The number of likely N-dealkylation sites (tertiary alicyclic amines) is 2. The summed E-state index contributed by atoms with van der Waals surface area (Å²) in [6, 6.07) is 35.6. The fraction of sp³-hybridized carbons (Fsp3) is 0.389. The van der Waals surface area contributed by atoms with Crippen LogP contribution < -0.4 is 41.7 Å². The van der Waals surface area contributed by atoms with Crippen molar-refractivity contribution in [1.29, 1.82) is 0 Å². The van der Waals surface area contributed by atoms with Crippen LogP contribution in [0.5, 0.6) is 0 Å². The van der Waals surface area contributed by atoms with Crippen molar-refractivity contribution in [3.05, 3.63) is 180 Å². The van der Waals surface area contributed by atoms with Crippen LogP contribution in [0.2, 0.25) is 0 Å². The summed E-state index contributed by atoms with van der Waals surface area (Å²) in [5, 5.41) is 17.3. The maximum absolute atomic E-state index is 13.9. The summed E-state index contributed by atoms with van der Waals surface area (Å²) in [5.41, 5.74) is 7.17. The van der Waals surface area contributed by atoms with E-state index in [4.69, 9.17) is 0 Å². The lowest BCUT2D eigenvalue weighted by Gasteiger charge is -2.33. The summed E-state index contributed by atoms with van der Waals surface area (Å²) in [4.78, 5) is 122. The lowest BCUT2D eigenvalue weighted by Crippen LogP contribution is -2.42. The van der Waals surface area contributed by atoms with Gasteiger partial charge >= 0.3 is 0 Å². The number of carbonyl (C=O) groups excluding carboxylic acids is 8. The molecule has 0 aliphatic carbocycles. The number of nitrogens with zero attached hydrogens (tertiary/aromatic N) is 8. The fourth-order valence-corrected chi connectivity index (χ4v) is 13.0. The monoisotopic (exact) mass is 1270 g/mol. The molecular weight excluding hydrogens is 1190 g/mol. The third kappa shape index (κ3) is 17.5. The van der Waals surface area contributed by atoms with Gasteiger partial charge in [0.25, 0.3) is 23.6 Å². The van der Waals surface area contributed by atoms with Crippen LogP contribution in [0, 0.1) is 11.8 Å². The zero-order valence-electron chi connectivity index (χ0n) is 53.2. The number of rotatable bonds is 28. The Kier molecular flexibility index (Phi) is 22.5. The molecule has 8 amide bonds. The SMILES string of the molecule is O=C(CCc1cn(CCCCC2CCN(CC(=O)N3c4ccccc4NC(=O)c4ccccc43)CC2)cn1)NCCNC(=O)c1ccc(C(=O)NCCNC(=O)CCc2cn(CCCCC3CCN(CC(=O)N4c5ccccc5NC(=O)c5ccccc54)CC3)cn2)cc1. The van der Waals surface area contributed by atoms with E-state index < -0.39 is 0 Å². The van der Waals surface area contributed by atoms with Crippen molar-refractivity contribution in [2.75, 3.05) is 85.9 Å². The predicted molar refractivity (Wildman–Crippen MR) is 360 cm³/mol. The van der Waals surface area contributed by atoms with Crippen molar-refractivity contribution in [2.45, 2.75) is 103 Å². The predicted octanol–water partition coefficient (Wildman–Crippen LogP) is 8.66. The first-order chi connectivity index (χ1) is 45.9. The molecule has 0 atom stereocenters. The molecule has 22 nitrogen and oxygen atoms in total. The summed E-state index contributed by atoms with van der Waals surface area (Å²) in [6.07, 6.45) is 19.8. The Morgan fingerprint density at radius 2 is 0.819 bits per heavy atom. The molecular formula is C72H84N14O8. The van der Waals surface area contributed by atoms with Gasteiger partial charge in [0.1, 0.15) is 0 Å². The second-order valence-corrected chi connectivity index (χ2v) is 24.9. The first-order valence-electron chi connectivity index (χ1n) is 33.2. The van der Waals surface area contributed by atoms with Gasteiger partial charge in [-0.25, -0.2) is 9.97 Å². The van der Waals surface area contributed by atoms with Crippen molar-refractivity contribution >= 4 is 81.4 Å². The summed E-state index contributed by atoms with van der Waals surface area (Å²) in [7, 11) is 0. The van der Waals surface area contributed by atoms with E-state index in [1.165, 1.54) is 0 Å². The Hall–Kier alpha value is -9.80. The highest BCUT2D eigenvalue weighted by Gasteiger charge is 2.33. The normalized spacial score (nSPS) is 15.1. The van der Waals surface area contributed by atoms with Crippen LogP contribution in [0.1, 0.15) is 130 Å². The van der Waals surface area contributed by atoms with Crippen molar-refractivity contribution < 1.29 is 38.4 Å². The minimum atomic E-state index is -0.327. The largest absolute Gasteiger partial charge is 0.354 e. The molecule has 490 valence electrons. The van der Waals surface area contributed by atoms with Crippen LogP contribution in [-0.2, 0) is 45.1 Å². The van der Waals surface area contributed by atoms with Crippen LogP contribution in [0.25, 0.3) is 0 Å². The third-order valence-corrected chi connectivity index (χ3v) is 18.2. The van der Waals surface area contributed by atoms with Crippen LogP contribution in [0.3, 0.4) is 0 Å². The van der Waals surface area contributed by atoms with Gasteiger partial charge in [0.2, 0.25) is 23.6 Å². The minimum Gasteiger partial charge on any atom is -0.354 e. The van der Waals surface area contributed by atoms with Gasteiger partial charge < -0.3 is 41.0 Å². The lowest BCUT2D eigenvalue weighted by atomic mass is 9.91. The number of piperidine rings is 2. The van der Waals surface area contributed by atoms with E-state index in [1.807, 2.05) is 110 Å². The molecule has 4 aliphatic heterocycles. The highest BCUT2D eigenvalue weighted by atomic mass is 16.2. The van der Waals surface area contributed by atoms with E-state index in [-0.39, 0.29) is 99.4 Å². The Balaban J connectivity index is 0.487. The molecule has 0 saturated carbocycles. The molecule has 2 aromatic heterocycles. The van der Waals surface area contributed by atoms with Crippen molar-refractivity contribution in [3.63, 3.8) is 0 Å². The van der Waals surface area contributed by atoms with E-state index in [1.54, 1.807) is 46.2 Å². The van der Waals surface area contributed by atoms with Crippen LogP contribution in [0.15, 0.2) is 146 Å². The molecule has 5 aromatic carbocycles. The Morgan fingerprint density at radius 1 is 0.447 bits per heavy atom. The number of anilines is 6. The molecule has 2 saturated heterocycles. The molecule has 22 heteroatoms. The first-order valence-corrected chi connectivity index (χ1v) is 33.2. The zero-order chi connectivity index (χ0) is 65.2. The number of para-hydroxylation sites is 6. The minimum absolute atomic E-state index is 0.0576. The van der Waals surface area contributed by atoms with Gasteiger partial charge in [-0.2, -0.15) is 0 Å². The van der Waals surface area contributed by atoms with Crippen LogP contribution >= 0.6 is 0 Å². The molecule has 6 heterocycles. The van der Waals surface area contributed by atoms with E-state index in [2.05, 4.69) is 60.8 Å². The summed E-state index contributed by atoms with van der Waals surface area (Å²) in [5.74, 6) is -0.284. The Morgan fingerprint density at radius 3 is 1.23 bits per heavy atom. The Labute approximate surface area is 548 Å². The van der Waals surface area contributed by atoms with Gasteiger partial charge in [-0.15, -0.1) is 0 Å². The number of fused-ring (bicyclic) bond motifs is 4. The number of aryl methyl sites for hydroxylation is 4. The highest BCUT2D eigenvalue weighted by molar-refractivity contribution is 6.19. The maximum Gasteiger partial charge on any atom is 0.257 e. The summed E-state index contributed by atoms with van der Waals surface area (Å²) >= 11 is 0. The molecule has 94 heavy (non-hydrogen) atoms. The maximum atomic E-state index is 13.9. The number of aromatic nitrogens is 4. The number of carbonyl (C=O) groups is 8. The molecule has 7 aromatic rings. The van der Waals surface area contributed by atoms with Gasteiger partial charge in [0.05, 0.1) is 82.4 Å². The average molecular weight is 1270 g/mol. The topological polar surface area (TPSA) is 257 Å². The number of hydrogen-bond acceptors (Lipinski definition) is 12. The molecule has 0 bridgehead atoms. The number of hydrogen-bond donors (Lipinski definition) is 6. The number of nitrogens with one attached hydrogen (secondary N) is 6. The molecule has 2 fully saturated rings. The summed E-state index contributed by atoms with van der Waals surface area (Å²) in [6.45, 7) is 6.64. The number of imidazole rings is 2. The molecule has 4 aliphatic rings. The van der Waals surface area contributed by atoms with E-state index in [9.17, 15) is 38.4 Å². The fourth-order valence-electron chi connectivity index (χ4n) is 13.0. The zero-order valence-corrected chi connectivity index (χ0v) is 53.2. The quantitative estimate of drug-likeness (QED) is 0.0252. The average Bonchev–Trinajstić information content (AvgIpc) is 1.60. The van der Waals surface area contributed by atoms with Crippen LogP contribution in [0.4, 0.5) is 34.1 Å². The molecule has 0 spiro atoms. The molecule has 0 unspecified atom stereocenters. The number of benzene rings is 5. The first kappa shape index (κ1) is 65.7.